The van der Waals surface area contributed by atoms with Crippen molar-refractivity contribution >= 4 is 38.1 Å². The van der Waals surface area contributed by atoms with Gasteiger partial charge in [0.05, 0.1) is 12.8 Å². The van der Waals surface area contributed by atoms with Crippen LogP contribution in [-0.4, -0.2) is 33.0 Å². The van der Waals surface area contributed by atoms with Crippen molar-refractivity contribution in [3.8, 4) is 5.75 Å². The molecule has 0 aliphatic heterocycles. The SMILES string of the molecule is COc1ccc(N(CC(=O)Nc2cccc3ccccc23)S(=O)(=O)c2cccnc2)cc1. The monoisotopic (exact) mass is 447 g/mol. The van der Waals surface area contributed by atoms with Crippen molar-refractivity contribution < 1.29 is 17.9 Å². The molecule has 0 aliphatic rings. The first kappa shape index (κ1) is 21.3. The summed E-state index contributed by atoms with van der Waals surface area (Å²) in [5.74, 6) is 0.109. The van der Waals surface area contributed by atoms with Crippen LogP contribution in [0.25, 0.3) is 10.8 Å². The zero-order valence-electron chi connectivity index (χ0n) is 17.3. The number of rotatable bonds is 7. The summed E-state index contributed by atoms with van der Waals surface area (Å²) in [5.41, 5.74) is 0.948. The van der Waals surface area contributed by atoms with Crippen molar-refractivity contribution in [2.24, 2.45) is 0 Å². The average molecular weight is 448 g/mol. The average Bonchev–Trinajstić information content (AvgIpc) is 2.83. The van der Waals surface area contributed by atoms with Crippen molar-refractivity contribution in [2.45, 2.75) is 4.90 Å². The van der Waals surface area contributed by atoms with E-state index in [1.54, 1.807) is 30.3 Å². The molecular formula is C24H21N3O4S. The number of benzene rings is 3. The van der Waals surface area contributed by atoms with Gasteiger partial charge in [-0.2, -0.15) is 0 Å². The second kappa shape index (κ2) is 9.07. The number of aromatic nitrogens is 1. The van der Waals surface area contributed by atoms with Gasteiger partial charge in [-0.15, -0.1) is 0 Å². The molecule has 1 N–H and O–H groups in total. The van der Waals surface area contributed by atoms with Gasteiger partial charge >= 0.3 is 0 Å². The van der Waals surface area contributed by atoms with Crippen LogP contribution in [0.5, 0.6) is 5.75 Å². The second-order valence-corrected chi connectivity index (χ2v) is 8.84. The molecule has 1 heterocycles. The minimum atomic E-state index is -4.03. The molecule has 0 radical (unpaired) electrons. The van der Waals surface area contributed by atoms with Crippen molar-refractivity contribution in [3.05, 3.63) is 91.3 Å². The molecule has 4 rings (SSSR count). The number of nitrogens with one attached hydrogen (secondary N) is 1. The molecule has 8 heteroatoms. The van der Waals surface area contributed by atoms with E-state index in [4.69, 9.17) is 4.74 Å². The van der Waals surface area contributed by atoms with Gasteiger partial charge in [-0.1, -0.05) is 36.4 Å². The van der Waals surface area contributed by atoms with Gasteiger partial charge in [-0.25, -0.2) is 8.42 Å². The third-order valence-electron chi connectivity index (χ3n) is 4.93. The van der Waals surface area contributed by atoms with Gasteiger partial charge in [0.25, 0.3) is 10.0 Å². The van der Waals surface area contributed by atoms with Crippen molar-refractivity contribution in [1.29, 1.82) is 0 Å². The molecule has 0 fully saturated rings. The molecule has 162 valence electrons. The highest BCUT2D eigenvalue weighted by Crippen LogP contribution is 2.27. The van der Waals surface area contributed by atoms with Crippen molar-refractivity contribution in [2.75, 3.05) is 23.3 Å². The number of hydrogen-bond donors (Lipinski definition) is 1. The Bertz CT molecular complexity index is 1340. The van der Waals surface area contributed by atoms with Gasteiger partial charge in [0.15, 0.2) is 0 Å². The topological polar surface area (TPSA) is 88.6 Å². The number of sulfonamides is 1. The van der Waals surface area contributed by atoms with Crippen LogP contribution in [0.4, 0.5) is 11.4 Å². The van der Waals surface area contributed by atoms with E-state index in [1.807, 2.05) is 36.4 Å². The van der Waals surface area contributed by atoms with Crippen LogP contribution >= 0.6 is 0 Å². The molecule has 0 spiro atoms. The zero-order valence-corrected chi connectivity index (χ0v) is 18.1. The largest absolute Gasteiger partial charge is 0.497 e. The van der Waals surface area contributed by atoms with Crippen LogP contribution < -0.4 is 14.4 Å². The van der Waals surface area contributed by atoms with Crippen LogP contribution in [0, 0.1) is 0 Å². The molecule has 1 aromatic heterocycles. The van der Waals surface area contributed by atoms with E-state index in [2.05, 4.69) is 10.3 Å². The van der Waals surface area contributed by atoms with Crippen LogP contribution in [0.1, 0.15) is 0 Å². The molecule has 0 aliphatic carbocycles. The Morgan fingerprint density at radius 1 is 0.969 bits per heavy atom. The quantitative estimate of drug-likeness (QED) is 0.461. The molecule has 1 amide bonds. The first-order chi connectivity index (χ1) is 15.5. The van der Waals surface area contributed by atoms with Gasteiger partial charge in [0.1, 0.15) is 17.2 Å². The summed E-state index contributed by atoms with van der Waals surface area (Å²) in [4.78, 5) is 16.9. The first-order valence-corrected chi connectivity index (χ1v) is 11.3. The van der Waals surface area contributed by atoms with E-state index >= 15 is 0 Å². The normalized spacial score (nSPS) is 11.2. The predicted octanol–water partition coefficient (Wildman–Crippen LogP) is 4.08. The molecule has 0 atom stereocenters. The number of pyridine rings is 1. The highest BCUT2D eigenvalue weighted by molar-refractivity contribution is 7.92. The first-order valence-electron chi connectivity index (χ1n) is 9.83. The lowest BCUT2D eigenvalue weighted by atomic mass is 10.1. The summed E-state index contributed by atoms with van der Waals surface area (Å²) in [7, 11) is -2.51. The standard InChI is InChI=1S/C24H21N3O4S/c1-31-20-13-11-19(12-14-20)27(32(29,30)21-8-5-15-25-16-21)17-24(28)26-23-10-4-7-18-6-2-3-9-22(18)23/h2-16H,17H2,1H3,(H,26,28). The summed E-state index contributed by atoms with van der Waals surface area (Å²) in [6.45, 7) is -0.410. The summed E-state index contributed by atoms with van der Waals surface area (Å²) < 4.78 is 32.9. The number of carbonyl (C=O) groups excluding carboxylic acids is 1. The molecule has 0 unspecified atom stereocenters. The van der Waals surface area contributed by atoms with Crippen molar-refractivity contribution in [1.82, 2.24) is 4.98 Å². The Balaban J connectivity index is 1.67. The lowest BCUT2D eigenvalue weighted by molar-refractivity contribution is -0.114. The summed E-state index contributed by atoms with van der Waals surface area (Å²) in [5, 5.41) is 4.69. The van der Waals surface area contributed by atoms with Crippen LogP contribution in [-0.2, 0) is 14.8 Å². The Hall–Kier alpha value is -3.91. The molecule has 4 aromatic rings. The van der Waals surface area contributed by atoms with Crippen LogP contribution in [0.15, 0.2) is 96.2 Å². The Labute approximate surface area is 186 Å². The lowest BCUT2D eigenvalue weighted by Gasteiger charge is -2.24. The highest BCUT2D eigenvalue weighted by atomic mass is 32.2. The third kappa shape index (κ3) is 4.40. The fourth-order valence-corrected chi connectivity index (χ4v) is 4.73. The lowest BCUT2D eigenvalue weighted by Crippen LogP contribution is -2.38. The van der Waals surface area contributed by atoms with Gasteiger partial charge in [0, 0.05) is 23.5 Å². The van der Waals surface area contributed by atoms with E-state index < -0.39 is 22.5 Å². The molecule has 0 bridgehead atoms. The van der Waals surface area contributed by atoms with Gasteiger partial charge in [0.2, 0.25) is 5.91 Å². The summed E-state index contributed by atoms with van der Waals surface area (Å²) in [6.07, 6.45) is 2.75. The minimum Gasteiger partial charge on any atom is -0.497 e. The van der Waals surface area contributed by atoms with E-state index in [0.717, 1.165) is 15.1 Å². The minimum absolute atomic E-state index is 0.00576. The van der Waals surface area contributed by atoms with Gasteiger partial charge < -0.3 is 10.1 Å². The van der Waals surface area contributed by atoms with Gasteiger partial charge in [-0.3, -0.25) is 14.1 Å². The smallest absolute Gasteiger partial charge is 0.266 e. The molecular weight excluding hydrogens is 426 g/mol. The fourth-order valence-electron chi connectivity index (χ4n) is 3.35. The number of nitrogens with zero attached hydrogens (tertiary/aromatic N) is 2. The summed E-state index contributed by atoms with van der Waals surface area (Å²) in [6, 6.07) is 22.7. The third-order valence-corrected chi connectivity index (χ3v) is 6.69. The molecule has 3 aromatic carbocycles. The van der Waals surface area contributed by atoms with E-state index in [-0.39, 0.29) is 4.90 Å². The van der Waals surface area contributed by atoms with E-state index in [0.29, 0.717) is 17.1 Å². The number of carbonyl (C=O) groups is 1. The van der Waals surface area contributed by atoms with E-state index in [9.17, 15) is 13.2 Å². The van der Waals surface area contributed by atoms with Gasteiger partial charge in [-0.05, 0) is 47.9 Å². The maximum Gasteiger partial charge on any atom is 0.266 e. The molecule has 0 saturated heterocycles. The number of fused-ring (bicyclic) bond motifs is 1. The highest BCUT2D eigenvalue weighted by Gasteiger charge is 2.27. The second-order valence-electron chi connectivity index (χ2n) is 6.97. The number of amides is 1. The molecule has 0 saturated carbocycles. The maximum atomic E-state index is 13.4. The number of ether oxygens (including phenoxy) is 1. The Kier molecular flexibility index (Phi) is 6.04. The maximum absolute atomic E-state index is 13.4. The molecule has 32 heavy (non-hydrogen) atoms. The van der Waals surface area contributed by atoms with Crippen LogP contribution in [0.3, 0.4) is 0 Å². The Morgan fingerprint density at radius 2 is 1.72 bits per heavy atom. The Morgan fingerprint density at radius 3 is 2.44 bits per heavy atom. The number of anilines is 2. The predicted molar refractivity (Wildman–Crippen MR) is 124 cm³/mol. The van der Waals surface area contributed by atoms with E-state index in [1.165, 1.54) is 31.6 Å². The van der Waals surface area contributed by atoms with Crippen molar-refractivity contribution in [3.63, 3.8) is 0 Å². The van der Waals surface area contributed by atoms with Crippen LogP contribution in [0.2, 0.25) is 0 Å². The zero-order chi connectivity index (χ0) is 22.6. The fraction of sp³-hybridized carbons (Fsp3) is 0.0833. The number of methoxy groups -OCH3 is 1. The summed E-state index contributed by atoms with van der Waals surface area (Å²) >= 11 is 0. The number of hydrogen-bond acceptors (Lipinski definition) is 5. The molecule has 7 nitrogen and oxygen atoms in total.